The van der Waals surface area contributed by atoms with Gasteiger partial charge in [0.1, 0.15) is 0 Å². The van der Waals surface area contributed by atoms with Gasteiger partial charge in [-0.25, -0.2) is 0 Å². The smallest absolute Gasteiger partial charge is 0.0678 e. The highest BCUT2D eigenvalue weighted by molar-refractivity contribution is 4.82. The van der Waals surface area contributed by atoms with Gasteiger partial charge in [-0.2, -0.15) is 0 Å². The minimum Gasteiger partial charge on any atom is -0.373 e. The second kappa shape index (κ2) is 5.83. The molecule has 3 atom stereocenters. The minimum absolute atomic E-state index is 0.367. The molecule has 1 aliphatic heterocycles. The molecule has 15 heavy (non-hydrogen) atoms. The summed E-state index contributed by atoms with van der Waals surface area (Å²) in [7, 11) is 2.03. The van der Waals surface area contributed by atoms with Gasteiger partial charge in [0.05, 0.1) is 12.2 Å². The molecule has 0 spiro atoms. The van der Waals surface area contributed by atoms with Gasteiger partial charge >= 0.3 is 0 Å². The van der Waals surface area contributed by atoms with Crippen LogP contribution in [0.3, 0.4) is 0 Å². The van der Waals surface area contributed by atoms with Crippen LogP contribution in [0, 0.1) is 5.92 Å². The molecule has 1 rings (SSSR count). The molecule has 3 heteroatoms. The molecule has 0 amide bonds. The highest BCUT2D eigenvalue weighted by Crippen LogP contribution is 2.17. The molecular weight excluding hydrogens is 188 g/mol. The van der Waals surface area contributed by atoms with E-state index in [9.17, 15) is 0 Å². The molecule has 0 saturated carbocycles. The molecule has 0 aromatic heterocycles. The maximum Gasteiger partial charge on any atom is 0.0678 e. The standard InChI is InChI=1S/C12H26N2O/c1-9(2)12(6-13-5)14-7-10(3)15-11(4)8-14/h9-13H,6-8H2,1-5H3. The van der Waals surface area contributed by atoms with Crippen molar-refractivity contribution in [3.8, 4) is 0 Å². The van der Waals surface area contributed by atoms with E-state index in [-0.39, 0.29) is 0 Å². The Hall–Kier alpha value is -0.120. The van der Waals surface area contributed by atoms with Gasteiger partial charge in [0.25, 0.3) is 0 Å². The van der Waals surface area contributed by atoms with Crippen LogP contribution in [0.15, 0.2) is 0 Å². The van der Waals surface area contributed by atoms with Crippen molar-refractivity contribution >= 4 is 0 Å². The summed E-state index contributed by atoms with van der Waals surface area (Å²) in [5.74, 6) is 0.690. The number of nitrogens with zero attached hydrogens (tertiary/aromatic N) is 1. The van der Waals surface area contributed by atoms with Gasteiger partial charge in [0, 0.05) is 25.7 Å². The van der Waals surface area contributed by atoms with E-state index in [1.165, 1.54) is 0 Å². The number of ether oxygens (including phenoxy) is 1. The van der Waals surface area contributed by atoms with E-state index in [0.29, 0.717) is 24.2 Å². The predicted octanol–water partition coefficient (Wildman–Crippen LogP) is 1.34. The van der Waals surface area contributed by atoms with E-state index in [1.54, 1.807) is 0 Å². The Morgan fingerprint density at radius 3 is 2.20 bits per heavy atom. The van der Waals surface area contributed by atoms with Crippen LogP contribution < -0.4 is 5.32 Å². The third-order valence-corrected chi connectivity index (χ3v) is 3.10. The first-order valence-corrected chi connectivity index (χ1v) is 6.08. The van der Waals surface area contributed by atoms with Gasteiger partial charge in [0.2, 0.25) is 0 Å². The fraction of sp³-hybridized carbons (Fsp3) is 1.00. The van der Waals surface area contributed by atoms with Crippen LogP contribution in [0.1, 0.15) is 27.7 Å². The van der Waals surface area contributed by atoms with Crippen molar-refractivity contribution in [2.75, 3.05) is 26.7 Å². The molecule has 0 bridgehead atoms. The lowest BCUT2D eigenvalue weighted by atomic mass is 10.0. The van der Waals surface area contributed by atoms with E-state index in [4.69, 9.17) is 4.74 Å². The fourth-order valence-corrected chi connectivity index (χ4v) is 2.48. The average molecular weight is 214 g/mol. The number of hydrogen-bond donors (Lipinski definition) is 1. The van der Waals surface area contributed by atoms with Crippen molar-refractivity contribution < 1.29 is 4.74 Å². The summed E-state index contributed by atoms with van der Waals surface area (Å²) in [6, 6.07) is 0.629. The predicted molar refractivity (Wildman–Crippen MR) is 64.1 cm³/mol. The topological polar surface area (TPSA) is 24.5 Å². The molecular formula is C12H26N2O. The van der Waals surface area contributed by atoms with Crippen LogP contribution in [0.25, 0.3) is 0 Å². The summed E-state index contributed by atoms with van der Waals surface area (Å²) in [6.07, 6.45) is 0.735. The monoisotopic (exact) mass is 214 g/mol. The van der Waals surface area contributed by atoms with E-state index < -0.39 is 0 Å². The van der Waals surface area contributed by atoms with Gasteiger partial charge in [-0.1, -0.05) is 13.8 Å². The van der Waals surface area contributed by atoms with Crippen molar-refractivity contribution in [1.82, 2.24) is 10.2 Å². The van der Waals surface area contributed by atoms with Crippen molar-refractivity contribution in [2.45, 2.75) is 45.9 Å². The second-order valence-corrected chi connectivity index (χ2v) is 5.08. The van der Waals surface area contributed by atoms with Crippen molar-refractivity contribution in [2.24, 2.45) is 5.92 Å². The van der Waals surface area contributed by atoms with Gasteiger partial charge in [-0.15, -0.1) is 0 Å². The number of morpholine rings is 1. The Morgan fingerprint density at radius 1 is 1.27 bits per heavy atom. The van der Waals surface area contributed by atoms with Gasteiger partial charge in [0.15, 0.2) is 0 Å². The van der Waals surface area contributed by atoms with Gasteiger partial charge in [-0.05, 0) is 26.8 Å². The lowest BCUT2D eigenvalue weighted by molar-refractivity contribution is -0.0849. The third-order valence-electron chi connectivity index (χ3n) is 3.10. The molecule has 0 aromatic carbocycles. The first-order valence-electron chi connectivity index (χ1n) is 6.08. The van der Waals surface area contributed by atoms with E-state index in [2.05, 4.69) is 37.9 Å². The summed E-state index contributed by atoms with van der Waals surface area (Å²) >= 11 is 0. The molecule has 1 saturated heterocycles. The fourth-order valence-electron chi connectivity index (χ4n) is 2.48. The second-order valence-electron chi connectivity index (χ2n) is 5.08. The van der Waals surface area contributed by atoms with E-state index in [0.717, 1.165) is 19.6 Å². The van der Waals surface area contributed by atoms with Crippen molar-refractivity contribution in [3.05, 3.63) is 0 Å². The zero-order valence-corrected chi connectivity index (χ0v) is 10.8. The molecule has 1 N–H and O–H groups in total. The zero-order valence-electron chi connectivity index (χ0n) is 10.8. The Labute approximate surface area is 94.2 Å². The number of nitrogens with one attached hydrogen (secondary N) is 1. The van der Waals surface area contributed by atoms with Gasteiger partial charge in [-0.3, -0.25) is 4.90 Å². The molecule has 3 nitrogen and oxygen atoms in total. The Balaban J connectivity index is 2.57. The number of likely N-dealkylation sites (N-methyl/N-ethyl adjacent to an activating group) is 1. The quantitative estimate of drug-likeness (QED) is 0.764. The van der Waals surface area contributed by atoms with E-state index in [1.807, 2.05) is 7.05 Å². The summed E-state index contributed by atoms with van der Waals surface area (Å²) < 4.78 is 5.76. The molecule has 0 radical (unpaired) electrons. The Morgan fingerprint density at radius 2 is 1.80 bits per heavy atom. The Bertz CT molecular complexity index is 174. The molecule has 0 aliphatic carbocycles. The molecule has 1 aliphatic rings. The first kappa shape index (κ1) is 12.9. The van der Waals surface area contributed by atoms with Crippen LogP contribution in [0.2, 0.25) is 0 Å². The minimum atomic E-state index is 0.367. The van der Waals surface area contributed by atoms with Crippen LogP contribution in [-0.2, 0) is 4.74 Å². The van der Waals surface area contributed by atoms with Crippen LogP contribution in [-0.4, -0.2) is 49.8 Å². The summed E-state index contributed by atoms with van der Waals surface area (Å²) in [6.45, 7) is 12.1. The van der Waals surface area contributed by atoms with E-state index >= 15 is 0 Å². The first-order chi connectivity index (χ1) is 7.04. The van der Waals surface area contributed by atoms with Gasteiger partial charge < -0.3 is 10.1 Å². The largest absolute Gasteiger partial charge is 0.373 e. The zero-order chi connectivity index (χ0) is 11.4. The number of hydrogen-bond acceptors (Lipinski definition) is 3. The van der Waals surface area contributed by atoms with Crippen molar-refractivity contribution in [1.29, 1.82) is 0 Å². The average Bonchev–Trinajstić information content (AvgIpc) is 2.11. The Kier molecular flexibility index (Phi) is 5.03. The molecule has 1 fully saturated rings. The highest BCUT2D eigenvalue weighted by atomic mass is 16.5. The maximum atomic E-state index is 5.76. The van der Waals surface area contributed by atoms with Crippen LogP contribution in [0.4, 0.5) is 0 Å². The molecule has 0 aromatic rings. The third kappa shape index (κ3) is 3.74. The lowest BCUT2D eigenvalue weighted by Crippen LogP contribution is -2.54. The van der Waals surface area contributed by atoms with Crippen molar-refractivity contribution in [3.63, 3.8) is 0 Å². The summed E-state index contributed by atoms with van der Waals surface area (Å²) in [4.78, 5) is 2.57. The molecule has 3 unspecified atom stereocenters. The normalized spacial score (nSPS) is 30.8. The molecule has 1 heterocycles. The van der Waals surface area contributed by atoms with Crippen LogP contribution in [0.5, 0.6) is 0 Å². The summed E-state index contributed by atoms with van der Waals surface area (Å²) in [5, 5.41) is 3.29. The van der Waals surface area contributed by atoms with Crippen LogP contribution >= 0.6 is 0 Å². The lowest BCUT2D eigenvalue weighted by Gasteiger charge is -2.41. The maximum absolute atomic E-state index is 5.76. The molecule has 90 valence electrons. The SMILES string of the molecule is CNCC(C(C)C)N1CC(C)OC(C)C1. The summed E-state index contributed by atoms with van der Waals surface area (Å²) in [5.41, 5.74) is 0. The highest BCUT2D eigenvalue weighted by Gasteiger charge is 2.28. The number of rotatable bonds is 4.